The van der Waals surface area contributed by atoms with E-state index < -0.39 is 16.6 Å². The molecule has 0 unspecified atom stereocenters. The van der Waals surface area contributed by atoms with Crippen LogP contribution in [0.4, 0.5) is 0 Å². The average Bonchev–Trinajstić information content (AvgIpc) is 3.24. The van der Waals surface area contributed by atoms with Crippen molar-refractivity contribution >= 4 is 0 Å². The smallest absolute Gasteiger partial charge is 0.101 e. The summed E-state index contributed by atoms with van der Waals surface area (Å²) in [6, 6.07) is 1.86. The minimum absolute atomic E-state index is 0.144. The molecule has 27 heavy (non-hydrogen) atoms. The zero-order valence-corrected chi connectivity index (χ0v) is 16.7. The molecule has 1 aromatic heterocycles. The first-order chi connectivity index (χ1) is 12.7. The lowest BCUT2D eigenvalue weighted by Gasteiger charge is -2.64. The van der Waals surface area contributed by atoms with E-state index >= 15 is 0 Å². The van der Waals surface area contributed by atoms with E-state index in [0.717, 1.165) is 50.5 Å². The van der Waals surface area contributed by atoms with Gasteiger partial charge in [-0.05, 0) is 87.0 Å². The monoisotopic (exact) mass is 374 g/mol. The van der Waals surface area contributed by atoms with Crippen molar-refractivity contribution in [2.45, 2.75) is 88.9 Å². The van der Waals surface area contributed by atoms with Crippen molar-refractivity contribution in [3.05, 3.63) is 24.2 Å². The number of hydrogen-bond donors (Lipinski definition) is 3. The van der Waals surface area contributed by atoms with Gasteiger partial charge in [0.05, 0.1) is 24.2 Å². The molecule has 0 saturated heterocycles. The van der Waals surface area contributed by atoms with E-state index in [2.05, 4.69) is 13.8 Å². The van der Waals surface area contributed by atoms with Crippen LogP contribution in [-0.2, 0) is 5.60 Å². The Hall–Kier alpha value is -0.840. The van der Waals surface area contributed by atoms with E-state index in [1.807, 2.05) is 6.07 Å². The zero-order valence-electron chi connectivity index (χ0n) is 16.7. The molecule has 150 valence electrons. The van der Waals surface area contributed by atoms with Crippen LogP contribution in [0, 0.1) is 28.6 Å². The maximum absolute atomic E-state index is 12.1. The molecule has 4 heteroatoms. The quantitative estimate of drug-likeness (QED) is 0.695. The fraction of sp³-hybridized carbons (Fsp3) is 0.826. The number of furan rings is 1. The van der Waals surface area contributed by atoms with Gasteiger partial charge in [-0.2, -0.15) is 0 Å². The Kier molecular flexibility index (Phi) is 3.78. The highest BCUT2D eigenvalue weighted by Crippen LogP contribution is 2.71. The van der Waals surface area contributed by atoms with Crippen LogP contribution in [0.2, 0.25) is 0 Å². The third-order valence-electron chi connectivity index (χ3n) is 9.97. The molecular weight excluding hydrogens is 340 g/mol. The Labute approximate surface area is 162 Å². The van der Waals surface area contributed by atoms with E-state index in [9.17, 15) is 15.3 Å². The number of rotatable bonds is 1. The molecule has 0 bridgehead atoms. The lowest BCUT2D eigenvalue weighted by Crippen LogP contribution is -2.64. The maximum Gasteiger partial charge on any atom is 0.101 e. The lowest BCUT2D eigenvalue weighted by molar-refractivity contribution is -0.238. The fourth-order valence-electron chi connectivity index (χ4n) is 8.18. The molecule has 4 fully saturated rings. The van der Waals surface area contributed by atoms with Gasteiger partial charge < -0.3 is 19.7 Å². The first-order valence-electron chi connectivity index (χ1n) is 10.9. The molecule has 4 aliphatic rings. The van der Waals surface area contributed by atoms with Crippen molar-refractivity contribution in [3.63, 3.8) is 0 Å². The molecule has 1 heterocycles. The van der Waals surface area contributed by atoms with E-state index in [-0.39, 0.29) is 17.4 Å². The standard InChI is InChI=1S/C23H34O4/c1-20-8-5-17(24)13-15(20)3-4-19-18(20)6-9-21(2)22(25,10-11-23(19,21)26)16-7-12-27-14-16/h7,12,14-15,17-19,24-26H,3-6,8-11,13H2,1-2H3/t15-,17+,18+,19-,20-,21+,22+,23+/m1/s1. The second-order valence-corrected chi connectivity index (χ2v) is 10.6. The molecule has 4 saturated carbocycles. The van der Waals surface area contributed by atoms with Gasteiger partial charge in [0.1, 0.15) is 5.60 Å². The van der Waals surface area contributed by atoms with Crippen LogP contribution in [0.3, 0.4) is 0 Å². The van der Waals surface area contributed by atoms with Crippen molar-refractivity contribution in [2.75, 3.05) is 0 Å². The molecule has 4 nitrogen and oxygen atoms in total. The molecule has 4 aliphatic carbocycles. The molecule has 8 atom stereocenters. The van der Waals surface area contributed by atoms with Gasteiger partial charge in [-0.15, -0.1) is 0 Å². The van der Waals surface area contributed by atoms with Gasteiger partial charge in [-0.25, -0.2) is 0 Å². The molecule has 0 aliphatic heterocycles. The highest BCUT2D eigenvalue weighted by atomic mass is 16.3. The van der Waals surface area contributed by atoms with Crippen LogP contribution in [0.25, 0.3) is 0 Å². The van der Waals surface area contributed by atoms with E-state index in [4.69, 9.17) is 4.42 Å². The van der Waals surface area contributed by atoms with Gasteiger partial charge in [-0.1, -0.05) is 13.8 Å². The summed E-state index contributed by atoms with van der Waals surface area (Å²) >= 11 is 0. The first kappa shape index (κ1) is 18.2. The van der Waals surface area contributed by atoms with Crippen molar-refractivity contribution in [1.29, 1.82) is 0 Å². The second-order valence-electron chi connectivity index (χ2n) is 10.6. The SMILES string of the molecule is C[C@@]12CC[C@H](O)C[C@H]1CC[C@@H]1[C@@H]2CC[C@@]2(C)[C@@](O)(c3ccoc3)CC[C@]12O. The zero-order chi connectivity index (χ0) is 19.1. The van der Waals surface area contributed by atoms with E-state index in [1.54, 1.807) is 12.5 Å². The highest BCUT2D eigenvalue weighted by Gasteiger charge is 2.72. The molecule has 1 aromatic rings. The third-order valence-corrected chi connectivity index (χ3v) is 9.97. The summed E-state index contributed by atoms with van der Waals surface area (Å²) in [5, 5.41) is 34.0. The molecule has 0 radical (unpaired) electrons. The Bertz CT molecular complexity index is 716. The third kappa shape index (κ3) is 2.10. The summed E-state index contributed by atoms with van der Waals surface area (Å²) < 4.78 is 5.29. The fourth-order valence-corrected chi connectivity index (χ4v) is 8.18. The summed E-state index contributed by atoms with van der Waals surface area (Å²) in [5.74, 6) is 1.31. The van der Waals surface area contributed by atoms with Gasteiger partial charge in [0, 0.05) is 11.0 Å². The number of fused-ring (bicyclic) bond motifs is 5. The van der Waals surface area contributed by atoms with Crippen LogP contribution >= 0.6 is 0 Å². The number of aliphatic hydroxyl groups is 3. The predicted molar refractivity (Wildman–Crippen MR) is 102 cm³/mol. The van der Waals surface area contributed by atoms with Crippen molar-refractivity contribution < 1.29 is 19.7 Å². The van der Waals surface area contributed by atoms with Crippen LogP contribution < -0.4 is 0 Å². The van der Waals surface area contributed by atoms with E-state index in [0.29, 0.717) is 24.7 Å². The minimum Gasteiger partial charge on any atom is -0.472 e. The Balaban J connectivity index is 1.52. The molecular formula is C23H34O4. The van der Waals surface area contributed by atoms with Crippen LogP contribution in [0.5, 0.6) is 0 Å². The summed E-state index contributed by atoms with van der Waals surface area (Å²) in [4.78, 5) is 0. The van der Waals surface area contributed by atoms with Gasteiger partial charge in [0.25, 0.3) is 0 Å². The minimum atomic E-state index is -1.01. The van der Waals surface area contributed by atoms with Crippen molar-refractivity contribution in [3.8, 4) is 0 Å². The largest absolute Gasteiger partial charge is 0.472 e. The van der Waals surface area contributed by atoms with Crippen LogP contribution in [0.1, 0.15) is 77.2 Å². The van der Waals surface area contributed by atoms with Crippen molar-refractivity contribution in [2.24, 2.45) is 28.6 Å². The first-order valence-corrected chi connectivity index (χ1v) is 10.9. The summed E-state index contributed by atoms with van der Waals surface area (Å²) in [6.45, 7) is 4.53. The van der Waals surface area contributed by atoms with Gasteiger partial charge in [0.2, 0.25) is 0 Å². The molecule has 3 N–H and O–H groups in total. The Morgan fingerprint density at radius 1 is 0.963 bits per heavy atom. The van der Waals surface area contributed by atoms with Crippen LogP contribution in [-0.4, -0.2) is 27.0 Å². The Morgan fingerprint density at radius 2 is 1.78 bits per heavy atom. The molecule has 0 amide bonds. The lowest BCUT2D eigenvalue weighted by atomic mass is 9.43. The Morgan fingerprint density at radius 3 is 2.52 bits per heavy atom. The molecule has 5 rings (SSSR count). The molecule has 0 spiro atoms. The van der Waals surface area contributed by atoms with Gasteiger partial charge >= 0.3 is 0 Å². The number of hydrogen-bond acceptors (Lipinski definition) is 4. The van der Waals surface area contributed by atoms with Gasteiger partial charge in [-0.3, -0.25) is 0 Å². The van der Waals surface area contributed by atoms with Crippen LogP contribution in [0.15, 0.2) is 23.0 Å². The molecule has 0 aromatic carbocycles. The average molecular weight is 375 g/mol. The number of aliphatic hydroxyl groups excluding tert-OH is 1. The summed E-state index contributed by atoms with van der Waals surface area (Å²) in [6.07, 6.45) is 11.3. The van der Waals surface area contributed by atoms with Gasteiger partial charge in [0.15, 0.2) is 0 Å². The second kappa shape index (κ2) is 5.61. The summed E-state index contributed by atoms with van der Waals surface area (Å²) in [5.41, 5.74) is -1.34. The summed E-state index contributed by atoms with van der Waals surface area (Å²) in [7, 11) is 0. The predicted octanol–water partition coefficient (Wildman–Crippen LogP) is 3.99. The maximum atomic E-state index is 12.1. The topological polar surface area (TPSA) is 73.8 Å². The highest BCUT2D eigenvalue weighted by molar-refractivity contribution is 5.30. The van der Waals surface area contributed by atoms with Crippen molar-refractivity contribution in [1.82, 2.24) is 0 Å². The normalized spacial score (nSPS) is 54.9. The van der Waals surface area contributed by atoms with E-state index in [1.165, 1.54) is 0 Å².